The number of terminal acetylenes is 2. The molecular formula is C30H16N2S3. The molecule has 0 bridgehead atoms. The molecular weight excluding hydrogens is 485 g/mol. The summed E-state index contributed by atoms with van der Waals surface area (Å²) in [4.78, 5) is 16.7. The van der Waals surface area contributed by atoms with E-state index in [-0.39, 0.29) is 0 Å². The van der Waals surface area contributed by atoms with Crippen LogP contribution in [0, 0.1) is 24.7 Å². The number of thiophene rings is 3. The molecule has 0 fully saturated rings. The number of hydrogen-bond donors (Lipinski definition) is 0. The molecule has 2 nitrogen and oxygen atoms in total. The highest BCUT2D eigenvalue weighted by Gasteiger charge is 2.23. The molecule has 2 aromatic carbocycles. The molecule has 0 spiro atoms. The van der Waals surface area contributed by atoms with Gasteiger partial charge < -0.3 is 0 Å². The molecule has 0 unspecified atom stereocenters. The summed E-state index contributed by atoms with van der Waals surface area (Å²) in [6.45, 7) is 0. The van der Waals surface area contributed by atoms with E-state index in [4.69, 9.17) is 22.8 Å². The van der Waals surface area contributed by atoms with E-state index in [0.29, 0.717) is 0 Å². The lowest BCUT2D eigenvalue weighted by molar-refractivity contribution is 1.30. The van der Waals surface area contributed by atoms with E-state index in [1.165, 1.54) is 0 Å². The zero-order valence-electron chi connectivity index (χ0n) is 18.4. The fraction of sp³-hybridized carbons (Fsp3) is 0. The van der Waals surface area contributed by atoms with Gasteiger partial charge in [-0.25, -0.2) is 9.97 Å². The summed E-state index contributed by atoms with van der Waals surface area (Å²) in [5.74, 6) is 5.50. The van der Waals surface area contributed by atoms with E-state index in [1.54, 1.807) is 34.0 Å². The summed E-state index contributed by atoms with van der Waals surface area (Å²) < 4.78 is 0. The Morgan fingerprint density at radius 2 is 0.943 bits per heavy atom. The summed E-state index contributed by atoms with van der Waals surface area (Å²) in [6, 6.07) is 28.6. The van der Waals surface area contributed by atoms with Gasteiger partial charge in [-0.2, -0.15) is 0 Å². The summed E-state index contributed by atoms with van der Waals surface area (Å²) in [5.41, 5.74) is 5.54. The van der Waals surface area contributed by atoms with Crippen molar-refractivity contribution in [1.29, 1.82) is 0 Å². The molecule has 0 atom stereocenters. The van der Waals surface area contributed by atoms with Crippen molar-refractivity contribution in [1.82, 2.24) is 9.97 Å². The second-order valence-electron chi connectivity index (χ2n) is 7.73. The van der Waals surface area contributed by atoms with Crippen molar-refractivity contribution in [3.8, 4) is 66.7 Å². The molecule has 5 heteroatoms. The molecule has 164 valence electrons. The lowest BCUT2D eigenvalue weighted by atomic mass is 10.0. The maximum Gasteiger partial charge on any atom is 0.110 e. The van der Waals surface area contributed by atoms with Crippen molar-refractivity contribution in [2.24, 2.45) is 0 Å². The minimum absolute atomic E-state index is 0.860. The molecule has 0 aliphatic rings. The fourth-order valence-electron chi connectivity index (χ4n) is 3.95. The van der Waals surface area contributed by atoms with Gasteiger partial charge in [0, 0.05) is 20.9 Å². The molecule has 0 N–H and O–H groups in total. The maximum absolute atomic E-state index is 5.67. The van der Waals surface area contributed by atoms with Crippen molar-refractivity contribution in [2.45, 2.75) is 0 Å². The van der Waals surface area contributed by atoms with Crippen molar-refractivity contribution in [3.63, 3.8) is 0 Å². The van der Waals surface area contributed by atoms with Gasteiger partial charge in [0.1, 0.15) is 11.0 Å². The van der Waals surface area contributed by atoms with E-state index in [2.05, 4.69) is 48.2 Å². The Hall–Kier alpha value is -4.00. The highest BCUT2D eigenvalue weighted by molar-refractivity contribution is 7.28. The Kier molecular flexibility index (Phi) is 5.52. The van der Waals surface area contributed by atoms with Crippen LogP contribution >= 0.6 is 34.0 Å². The molecule has 4 aromatic heterocycles. The van der Waals surface area contributed by atoms with Crippen molar-refractivity contribution in [3.05, 3.63) is 94.7 Å². The third-order valence-corrected chi connectivity index (χ3v) is 9.13. The van der Waals surface area contributed by atoms with Crippen molar-refractivity contribution < 1.29 is 0 Å². The van der Waals surface area contributed by atoms with Crippen LogP contribution in [0.5, 0.6) is 0 Å². The topological polar surface area (TPSA) is 25.8 Å². The lowest BCUT2D eigenvalue weighted by Gasteiger charge is -2.10. The number of rotatable bonds is 4. The monoisotopic (exact) mass is 500 g/mol. The molecule has 0 saturated carbocycles. The average molecular weight is 501 g/mol. The van der Waals surface area contributed by atoms with Crippen LogP contribution in [0.3, 0.4) is 0 Å². The summed E-state index contributed by atoms with van der Waals surface area (Å²) in [7, 11) is 0. The number of aromatic nitrogens is 2. The smallest absolute Gasteiger partial charge is 0.110 e. The highest BCUT2D eigenvalue weighted by Crippen LogP contribution is 2.47. The van der Waals surface area contributed by atoms with Crippen LogP contribution in [-0.2, 0) is 0 Å². The Bertz CT molecular complexity index is 1630. The predicted octanol–water partition coefficient (Wildman–Crippen LogP) is 8.44. The Morgan fingerprint density at radius 1 is 0.514 bits per heavy atom. The van der Waals surface area contributed by atoms with Gasteiger partial charge in [-0.15, -0.1) is 46.9 Å². The Balaban J connectivity index is 1.70. The first kappa shape index (κ1) is 21.5. The standard InChI is InChI=1S/C30H16N2S3/c1-3-21-15-17-23(33-21)29-27-28(30(35-29)24-18-16-22(4-2)34-24)32-26(20-13-9-6-10-14-20)25(31-27)19-11-7-5-8-12-19/h1-2,5-18H. The average Bonchev–Trinajstić information content (AvgIpc) is 3.67. The third-order valence-electron chi connectivity index (χ3n) is 5.57. The third kappa shape index (κ3) is 3.87. The lowest BCUT2D eigenvalue weighted by Crippen LogP contribution is -1.95. The zero-order chi connectivity index (χ0) is 23.8. The van der Waals surface area contributed by atoms with Crippen molar-refractivity contribution in [2.75, 3.05) is 0 Å². The first-order valence-corrected chi connectivity index (χ1v) is 13.3. The number of nitrogens with zero attached hydrogens (tertiary/aromatic N) is 2. The minimum Gasteiger partial charge on any atom is -0.242 e. The first-order valence-electron chi connectivity index (χ1n) is 10.8. The highest BCUT2D eigenvalue weighted by atomic mass is 32.1. The van der Waals surface area contributed by atoms with Gasteiger partial charge in [0.15, 0.2) is 0 Å². The van der Waals surface area contributed by atoms with Gasteiger partial charge in [0.25, 0.3) is 0 Å². The minimum atomic E-state index is 0.860. The predicted molar refractivity (Wildman–Crippen MR) is 151 cm³/mol. The maximum atomic E-state index is 5.67. The van der Waals surface area contributed by atoms with E-state index < -0.39 is 0 Å². The van der Waals surface area contributed by atoms with Crippen LogP contribution in [-0.4, -0.2) is 9.97 Å². The van der Waals surface area contributed by atoms with Crippen LogP contribution in [0.1, 0.15) is 9.75 Å². The van der Waals surface area contributed by atoms with E-state index >= 15 is 0 Å². The van der Waals surface area contributed by atoms with Crippen LogP contribution in [0.25, 0.3) is 53.1 Å². The molecule has 6 aromatic rings. The summed E-state index contributed by atoms with van der Waals surface area (Å²) in [5, 5.41) is 0. The van der Waals surface area contributed by atoms with Gasteiger partial charge >= 0.3 is 0 Å². The second-order valence-corrected chi connectivity index (χ2v) is 10.9. The van der Waals surface area contributed by atoms with Crippen LogP contribution in [0.2, 0.25) is 0 Å². The van der Waals surface area contributed by atoms with E-state index in [9.17, 15) is 0 Å². The molecule has 0 aliphatic heterocycles. The van der Waals surface area contributed by atoms with Gasteiger partial charge in [-0.1, -0.05) is 72.5 Å². The molecule has 0 saturated heterocycles. The molecule has 6 rings (SSSR count). The molecule has 0 amide bonds. The van der Waals surface area contributed by atoms with Gasteiger partial charge in [0.05, 0.1) is 30.9 Å². The van der Waals surface area contributed by atoms with Gasteiger partial charge in [0.2, 0.25) is 0 Å². The number of fused-ring (bicyclic) bond motifs is 1. The molecule has 35 heavy (non-hydrogen) atoms. The van der Waals surface area contributed by atoms with Crippen molar-refractivity contribution >= 4 is 45.0 Å². The largest absolute Gasteiger partial charge is 0.242 e. The number of hydrogen-bond acceptors (Lipinski definition) is 5. The quantitative estimate of drug-likeness (QED) is 0.227. The Labute approximate surface area is 215 Å². The molecule has 4 heterocycles. The van der Waals surface area contributed by atoms with Crippen LogP contribution in [0.15, 0.2) is 84.9 Å². The Morgan fingerprint density at radius 3 is 1.31 bits per heavy atom. The van der Waals surface area contributed by atoms with Gasteiger partial charge in [-0.3, -0.25) is 0 Å². The molecule has 0 radical (unpaired) electrons. The second kappa shape index (κ2) is 8.98. The number of benzene rings is 2. The van der Waals surface area contributed by atoms with Gasteiger partial charge in [-0.05, 0) is 24.3 Å². The summed E-state index contributed by atoms with van der Waals surface area (Å²) >= 11 is 4.89. The SMILES string of the molecule is C#Cc1ccc(-c2sc(-c3ccc(C#C)s3)c3nc(-c4ccccc4)c(-c4ccccc4)nc23)s1. The first-order chi connectivity index (χ1) is 17.2. The summed E-state index contributed by atoms with van der Waals surface area (Å²) in [6.07, 6.45) is 11.3. The normalized spacial score (nSPS) is 10.8. The van der Waals surface area contributed by atoms with Crippen LogP contribution < -0.4 is 0 Å². The van der Waals surface area contributed by atoms with E-state index in [1.807, 2.05) is 48.5 Å². The zero-order valence-corrected chi connectivity index (χ0v) is 20.8. The van der Waals surface area contributed by atoms with E-state index in [0.717, 1.165) is 62.8 Å². The van der Waals surface area contributed by atoms with Crippen LogP contribution in [0.4, 0.5) is 0 Å². The molecule has 0 aliphatic carbocycles. The fourth-order valence-corrected chi connectivity index (χ4v) is 6.99.